The molecule has 1 aromatic rings. The topological polar surface area (TPSA) is 102 Å². The summed E-state index contributed by atoms with van der Waals surface area (Å²) < 4.78 is 5.19. The zero-order valence-corrected chi connectivity index (χ0v) is 10.0. The molecule has 0 aliphatic heterocycles. The SMILES string of the molecule is CNC(=O)COc1ccc([N+](=O)[O-])cc1C(C)O. The van der Waals surface area contributed by atoms with E-state index in [0.717, 1.165) is 0 Å². The summed E-state index contributed by atoms with van der Waals surface area (Å²) >= 11 is 0. The maximum Gasteiger partial charge on any atom is 0.270 e. The van der Waals surface area contributed by atoms with Crippen LogP contribution < -0.4 is 10.1 Å². The highest BCUT2D eigenvalue weighted by molar-refractivity contribution is 5.77. The zero-order chi connectivity index (χ0) is 13.7. The quantitative estimate of drug-likeness (QED) is 0.597. The number of nitro benzene ring substituents is 1. The van der Waals surface area contributed by atoms with E-state index in [1.165, 1.54) is 32.2 Å². The van der Waals surface area contributed by atoms with Crippen LogP contribution >= 0.6 is 0 Å². The van der Waals surface area contributed by atoms with Gasteiger partial charge in [-0.1, -0.05) is 0 Å². The number of nitrogens with zero attached hydrogens (tertiary/aromatic N) is 1. The maximum absolute atomic E-state index is 11.0. The molecule has 7 heteroatoms. The second-order valence-electron chi connectivity index (χ2n) is 3.62. The molecule has 1 aromatic carbocycles. The molecule has 0 radical (unpaired) electrons. The van der Waals surface area contributed by atoms with Gasteiger partial charge in [-0.2, -0.15) is 0 Å². The Morgan fingerprint density at radius 1 is 1.61 bits per heavy atom. The third-order valence-corrected chi connectivity index (χ3v) is 2.29. The van der Waals surface area contributed by atoms with Crippen molar-refractivity contribution in [3.8, 4) is 5.75 Å². The van der Waals surface area contributed by atoms with E-state index in [2.05, 4.69) is 5.32 Å². The minimum absolute atomic E-state index is 0.141. The van der Waals surface area contributed by atoms with Gasteiger partial charge in [-0.25, -0.2) is 0 Å². The summed E-state index contributed by atoms with van der Waals surface area (Å²) in [5, 5.41) is 22.5. The van der Waals surface area contributed by atoms with Gasteiger partial charge < -0.3 is 15.2 Å². The Balaban J connectivity index is 2.97. The van der Waals surface area contributed by atoms with Crippen molar-refractivity contribution in [1.29, 1.82) is 0 Å². The molecule has 18 heavy (non-hydrogen) atoms. The van der Waals surface area contributed by atoms with Crippen LogP contribution in [0.25, 0.3) is 0 Å². The number of benzene rings is 1. The molecule has 1 amide bonds. The summed E-state index contributed by atoms with van der Waals surface area (Å²) in [7, 11) is 1.47. The Hall–Kier alpha value is -2.15. The molecule has 0 saturated carbocycles. The number of nitrogens with one attached hydrogen (secondary N) is 1. The minimum atomic E-state index is -0.926. The molecule has 0 spiro atoms. The fourth-order valence-corrected chi connectivity index (χ4v) is 1.32. The van der Waals surface area contributed by atoms with Crippen molar-refractivity contribution in [2.75, 3.05) is 13.7 Å². The standard InChI is InChI=1S/C11H14N2O5/c1-7(14)9-5-8(13(16)17)3-4-10(9)18-6-11(15)12-2/h3-5,7,14H,6H2,1-2H3,(H,12,15). The third kappa shape index (κ3) is 3.42. The van der Waals surface area contributed by atoms with Crippen molar-refractivity contribution in [1.82, 2.24) is 5.32 Å². The van der Waals surface area contributed by atoms with Crippen LogP contribution in [-0.4, -0.2) is 29.6 Å². The zero-order valence-electron chi connectivity index (χ0n) is 10.0. The molecule has 1 rings (SSSR count). The fourth-order valence-electron chi connectivity index (χ4n) is 1.32. The summed E-state index contributed by atoms with van der Waals surface area (Å²) in [4.78, 5) is 21.1. The molecule has 0 aliphatic carbocycles. The third-order valence-electron chi connectivity index (χ3n) is 2.29. The lowest BCUT2D eigenvalue weighted by Crippen LogP contribution is -2.25. The van der Waals surface area contributed by atoms with Gasteiger partial charge in [-0.05, 0) is 13.0 Å². The average molecular weight is 254 g/mol. The van der Waals surface area contributed by atoms with Crippen molar-refractivity contribution in [2.45, 2.75) is 13.0 Å². The second kappa shape index (κ2) is 5.97. The first-order valence-corrected chi connectivity index (χ1v) is 5.25. The van der Waals surface area contributed by atoms with E-state index in [9.17, 15) is 20.0 Å². The Morgan fingerprint density at radius 3 is 2.78 bits per heavy atom. The van der Waals surface area contributed by atoms with Crippen molar-refractivity contribution in [2.24, 2.45) is 0 Å². The smallest absolute Gasteiger partial charge is 0.270 e. The highest BCUT2D eigenvalue weighted by atomic mass is 16.6. The number of aliphatic hydroxyl groups excluding tert-OH is 1. The van der Waals surface area contributed by atoms with E-state index < -0.39 is 11.0 Å². The van der Waals surface area contributed by atoms with Gasteiger partial charge in [0.25, 0.3) is 11.6 Å². The molecular weight excluding hydrogens is 240 g/mol. The van der Waals surface area contributed by atoms with Crippen molar-refractivity contribution < 1.29 is 19.6 Å². The normalized spacial score (nSPS) is 11.7. The van der Waals surface area contributed by atoms with E-state index >= 15 is 0 Å². The number of ether oxygens (including phenoxy) is 1. The second-order valence-corrected chi connectivity index (χ2v) is 3.62. The Labute approximate surface area is 104 Å². The Bertz CT molecular complexity index is 459. The summed E-state index contributed by atoms with van der Waals surface area (Å²) in [5.74, 6) is -0.0795. The van der Waals surface area contributed by atoms with E-state index in [4.69, 9.17) is 4.74 Å². The molecule has 1 unspecified atom stereocenters. The summed E-state index contributed by atoms with van der Waals surface area (Å²) in [6, 6.07) is 3.85. The largest absolute Gasteiger partial charge is 0.483 e. The molecule has 2 N–H and O–H groups in total. The summed E-state index contributed by atoms with van der Waals surface area (Å²) in [6.07, 6.45) is -0.926. The molecule has 7 nitrogen and oxygen atoms in total. The van der Waals surface area contributed by atoms with Crippen LogP contribution in [0.15, 0.2) is 18.2 Å². The fraction of sp³-hybridized carbons (Fsp3) is 0.364. The van der Waals surface area contributed by atoms with Crippen molar-refractivity contribution in [3.63, 3.8) is 0 Å². The maximum atomic E-state index is 11.0. The summed E-state index contributed by atoms with van der Waals surface area (Å²) in [6.45, 7) is 1.25. The van der Waals surface area contributed by atoms with Gasteiger partial charge in [0, 0.05) is 24.7 Å². The number of rotatable bonds is 5. The van der Waals surface area contributed by atoms with E-state index in [1.54, 1.807) is 0 Å². The minimum Gasteiger partial charge on any atom is -0.483 e. The Morgan fingerprint density at radius 2 is 2.28 bits per heavy atom. The van der Waals surface area contributed by atoms with E-state index in [0.29, 0.717) is 0 Å². The van der Waals surface area contributed by atoms with Gasteiger partial charge in [0.1, 0.15) is 5.75 Å². The van der Waals surface area contributed by atoms with Crippen LogP contribution in [0.2, 0.25) is 0 Å². The molecule has 0 saturated heterocycles. The number of hydrogen-bond acceptors (Lipinski definition) is 5. The number of carbonyl (C=O) groups excluding carboxylic acids is 1. The van der Waals surface area contributed by atoms with Crippen LogP contribution in [0.3, 0.4) is 0 Å². The molecule has 0 fully saturated rings. The van der Waals surface area contributed by atoms with Crippen molar-refractivity contribution in [3.05, 3.63) is 33.9 Å². The van der Waals surface area contributed by atoms with Gasteiger partial charge in [-0.3, -0.25) is 14.9 Å². The van der Waals surface area contributed by atoms with Gasteiger partial charge >= 0.3 is 0 Å². The van der Waals surface area contributed by atoms with Crippen LogP contribution in [0, 0.1) is 10.1 Å². The number of aliphatic hydroxyl groups is 1. The van der Waals surface area contributed by atoms with Gasteiger partial charge in [-0.15, -0.1) is 0 Å². The first kappa shape index (κ1) is 13.9. The molecule has 0 heterocycles. The average Bonchev–Trinajstić information content (AvgIpc) is 2.35. The highest BCUT2D eigenvalue weighted by Crippen LogP contribution is 2.29. The Kier molecular flexibility index (Phi) is 4.61. The van der Waals surface area contributed by atoms with Crippen LogP contribution in [0.4, 0.5) is 5.69 Å². The number of likely N-dealkylation sites (N-methyl/N-ethyl adjacent to an activating group) is 1. The molecule has 98 valence electrons. The van der Waals surface area contributed by atoms with Gasteiger partial charge in [0.15, 0.2) is 6.61 Å². The lowest BCUT2D eigenvalue weighted by atomic mass is 10.1. The predicted octanol–water partition coefficient (Wildman–Crippen LogP) is 0.773. The number of amides is 1. The molecule has 0 aromatic heterocycles. The van der Waals surface area contributed by atoms with Crippen molar-refractivity contribution >= 4 is 11.6 Å². The lowest BCUT2D eigenvalue weighted by Gasteiger charge is -2.12. The number of non-ortho nitro benzene ring substituents is 1. The number of hydrogen-bond donors (Lipinski definition) is 2. The lowest BCUT2D eigenvalue weighted by molar-refractivity contribution is -0.385. The molecule has 1 atom stereocenters. The number of nitro groups is 1. The molecular formula is C11H14N2O5. The molecule has 0 bridgehead atoms. The van der Waals surface area contributed by atoms with E-state index in [1.807, 2.05) is 0 Å². The van der Waals surface area contributed by atoms with Gasteiger partial charge in [0.05, 0.1) is 11.0 Å². The highest BCUT2D eigenvalue weighted by Gasteiger charge is 2.15. The monoisotopic (exact) mass is 254 g/mol. The van der Waals surface area contributed by atoms with Gasteiger partial charge in [0.2, 0.25) is 0 Å². The molecule has 0 aliphatic rings. The van der Waals surface area contributed by atoms with Crippen LogP contribution in [0.1, 0.15) is 18.6 Å². The van der Waals surface area contributed by atoms with E-state index in [-0.39, 0.29) is 29.5 Å². The van der Waals surface area contributed by atoms with Crippen LogP contribution in [-0.2, 0) is 4.79 Å². The summed E-state index contributed by atoms with van der Waals surface area (Å²) in [5.41, 5.74) is 0.131. The first-order valence-electron chi connectivity index (χ1n) is 5.25. The predicted molar refractivity (Wildman–Crippen MR) is 63.3 cm³/mol. The first-order chi connectivity index (χ1) is 8.45. The number of carbonyl (C=O) groups is 1. The van der Waals surface area contributed by atoms with Crippen LogP contribution in [0.5, 0.6) is 5.75 Å².